The Labute approximate surface area is 78.9 Å². The van der Waals surface area contributed by atoms with Crippen molar-refractivity contribution in [2.75, 3.05) is 24.7 Å². The lowest BCUT2D eigenvalue weighted by Crippen LogP contribution is -2.23. The van der Waals surface area contributed by atoms with Gasteiger partial charge < -0.3 is 9.80 Å². The summed E-state index contributed by atoms with van der Waals surface area (Å²) >= 11 is 1.98. The predicted octanol–water partition coefficient (Wildman–Crippen LogP) is 1.93. The van der Waals surface area contributed by atoms with E-state index in [2.05, 4.69) is 35.7 Å². The van der Waals surface area contributed by atoms with Crippen LogP contribution in [0.4, 0.5) is 0 Å². The summed E-state index contributed by atoms with van der Waals surface area (Å²) in [7, 11) is 0. The van der Waals surface area contributed by atoms with Crippen molar-refractivity contribution in [3.05, 3.63) is 25.2 Å². The van der Waals surface area contributed by atoms with Crippen LogP contribution in [0.15, 0.2) is 25.2 Å². The van der Waals surface area contributed by atoms with Crippen LogP contribution in [0.2, 0.25) is 0 Å². The standard InChI is InChI=1S/C9H16N2S/c1-3-10-5-6-11(9-10)7-8-12-4-2/h3,5-6H,1,4,7-9H2,2H3. The molecule has 0 fully saturated rings. The van der Waals surface area contributed by atoms with Gasteiger partial charge in [-0.25, -0.2) is 0 Å². The highest BCUT2D eigenvalue weighted by Crippen LogP contribution is 2.07. The van der Waals surface area contributed by atoms with Crippen LogP contribution in [0.1, 0.15) is 6.92 Å². The number of hydrogen-bond donors (Lipinski definition) is 0. The Hall–Kier alpha value is -0.570. The molecule has 0 aromatic heterocycles. The maximum atomic E-state index is 3.72. The molecule has 68 valence electrons. The van der Waals surface area contributed by atoms with Crippen molar-refractivity contribution in [1.29, 1.82) is 0 Å². The van der Waals surface area contributed by atoms with Gasteiger partial charge in [-0.1, -0.05) is 13.5 Å². The van der Waals surface area contributed by atoms with Crippen LogP contribution in [-0.4, -0.2) is 34.5 Å². The minimum Gasteiger partial charge on any atom is -0.357 e. The molecule has 12 heavy (non-hydrogen) atoms. The summed E-state index contributed by atoms with van der Waals surface area (Å²) < 4.78 is 0. The summed E-state index contributed by atoms with van der Waals surface area (Å²) in [5.74, 6) is 2.43. The Morgan fingerprint density at radius 2 is 2.42 bits per heavy atom. The summed E-state index contributed by atoms with van der Waals surface area (Å²) in [6.45, 7) is 8.02. The fraction of sp³-hybridized carbons (Fsp3) is 0.556. The maximum absolute atomic E-state index is 3.72. The molecule has 0 aromatic rings. The summed E-state index contributed by atoms with van der Waals surface area (Å²) in [4.78, 5) is 4.38. The van der Waals surface area contributed by atoms with Crippen LogP contribution < -0.4 is 0 Å². The molecule has 0 N–H and O–H groups in total. The molecule has 2 nitrogen and oxygen atoms in total. The molecule has 0 spiro atoms. The molecule has 1 aliphatic rings. The van der Waals surface area contributed by atoms with Crippen LogP contribution >= 0.6 is 11.8 Å². The van der Waals surface area contributed by atoms with Gasteiger partial charge in [-0.15, -0.1) is 0 Å². The third kappa shape index (κ3) is 2.81. The van der Waals surface area contributed by atoms with Crippen LogP contribution in [-0.2, 0) is 0 Å². The number of rotatable bonds is 5. The van der Waals surface area contributed by atoms with E-state index >= 15 is 0 Å². The number of thioether (sulfide) groups is 1. The van der Waals surface area contributed by atoms with E-state index in [1.165, 1.54) is 11.5 Å². The average Bonchev–Trinajstić information content (AvgIpc) is 2.53. The molecule has 0 saturated heterocycles. The largest absolute Gasteiger partial charge is 0.357 e. The Bertz CT molecular complexity index is 168. The molecular formula is C9H16N2S. The van der Waals surface area contributed by atoms with Gasteiger partial charge in [0.05, 0.1) is 6.67 Å². The van der Waals surface area contributed by atoms with Gasteiger partial charge in [0.15, 0.2) is 0 Å². The maximum Gasteiger partial charge on any atom is 0.0936 e. The van der Waals surface area contributed by atoms with Gasteiger partial charge in [0, 0.05) is 24.7 Å². The highest BCUT2D eigenvalue weighted by Gasteiger charge is 2.07. The zero-order chi connectivity index (χ0) is 8.81. The topological polar surface area (TPSA) is 6.48 Å². The highest BCUT2D eigenvalue weighted by molar-refractivity contribution is 7.99. The first-order chi connectivity index (χ1) is 5.86. The Morgan fingerprint density at radius 1 is 1.58 bits per heavy atom. The molecular weight excluding hydrogens is 168 g/mol. The first-order valence-corrected chi connectivity index (χ1v) is 5.40. The first kappa shape index (κ1) is 9.52. The SMILES string of the molecule is C=CN1C=CN(CCSCC)C1. The Balaban J connectivity index is 2.12. The quantitative estimate of drug-likeness (QED) is 0.603. The van der Waals surface area contributed by atoms with Crippen molar-refractivity contribution < 1.29 is 0 Å². The van der Waals surface area contributed by atoms with Crippen molar-refractivity contribution >= 4 is 11.8 Å². The number of nitrogens with zero attached hydrogens (tertiary/aromatic N) is 2. The van der Waals surface area contributed by atoms with Gasteiger partial charge in [0.25, 0.3) is 0 Å². The third-order valence-corrected chi connectivity index (χ3v) is 2.65. The zero-order valence-electron chi connectivity index (χ0n) is 7.57. The molecule has 0 radical (unpaired) electrons. The van der Waals surface area contributed by atoms with Crippen LogP contribution in [0.3, 0.4) is 0 Å². The van der Waals surface area contributed by atoms with E-state index in [0.29, 0.717) is 0 Å². The van der Waals surface area contributed by atoms with Crippen LogP contribution in [0.25, 0.3) is 0 Å². The molecule has 0 saturated carbocycles. The van der Waals surface area contributed by atoms with E-state index in [4.69, 9.17) is 0 Å². The van der Waals surface area contributed by atoms with Gasteiger partial charge in [0.1, 0.15) is 0 Å². The predicted molar refractivity (Wildman–Crippen MR) is 55.7 cm³/mol. The zero-order valence-corrected chi connectivity index (χ0v) is 8.39. The summed E-state index contributed by atoms with van der Waals surface area (Å²) in [6, 6.07) is 0. The smallest absolute Gasteiger partial charge is 0.0936 e. The Kier molecular flexibility index (Phi) is 4.08. The fourth-order valence-electron chi connectivity index (χ4n) is 1.07. The summed E-state index contributed by atoms with van der Waals surface area (Å²) in [5, 5.41) is 0. The van der Waals surface area contributed by atoms with Gasteiger partial charge in [-0.05, 0) is 12.0 Å². The van der Waals surface area contributed by atoms with Crippen LogP contribution in [0, 0.1) is 0 Å². The monoisotopic (exact) mass is 184 g/mol. The van der Waals surface area contributed by atoms with Crippen molar-refractivity contribution in [2.24, 2.45) is 0 Å². The molecule has 1 aliphatic heterocycles. The lowest BCUT2D eigenvalue weighted by Gasteiger charge is -2.17. The highest BCUT2D eigenvalue weighted by atomic mass is 32.2. The second-order valence-electron chi connectivity index (χ2n) is 2.65. The molecule has 0 aliphatic carbocycles. The van der Waals surface area contributed by atoms with E-state index < -0.39 is 0 Å². The van der Waals surface area contributed by atoms with Crippen LogP contribution in [0.5, 0.6) is 0 Å². The van der Waals surface area contributed by atoms with E-state index in [1.54, 1.807) is 0 Å². The Morgan fingerprint density at radius 3 is 3.00 bits per heavy atom. The molecule has 3 heteroatoms. The lowest BCUT2D eigenvalue weighted by molar-refractivity contribution is 0.330. The summed E-state index contributed by atoms with van der Waals surface area (Å²) in [6.07, 6.45) is 6.03. The second-order valence-corrected chi connectivity index (χ2v) is 4.04. The minimum absolute atomic E-state index is 0.966. The molecule has 0 unspecified atom stereocenters. The van der Waals surface area contributed by atoms with Crippen molar-refractivity contribution in [2.45, 2.75) is 6.92 Å². The van der Waals surface area contributed by atoms with E-state index in [0.717, 1.165) is 13.2 Å². The van der Waals surface area contributed by atoms with Gasteiger partial charge >= 0.3 is 0 Å². The van der Waals surface area contributed by atoms with E-state index in [9.17, 15) is 0 Å². The molecule has 1 heterocycles. The van der Waals surface area contributed by atoms with E-state index in [-0.39, 0.29) is 0 Å². The third-order valence-electron chi connectivity index (χ3n) is 1.78. The van der Waals surface area contributed by atoms with Gasteiger partial charge in [0.2, 0.25) is 0 Å². The molecule has 1 rings (SSSR count). The minimum atomic E-state index is 0.966. The summed E-state index contributed by atoms with van der Waals surface area (Å²) in [5.41, 5.74) is 0. The van der Waals surface area contributed by atoms with Gasteiger partial charge in [-0.2, -0.15) is 11.8 Å². The van der Waals surface area contributed by atoms with Gasteiger partial charge in [-0.3, -0.25) is 0 Å². The fourth-order valence-corrected chi connectivity index (χ4v) is 1.73. The molecule has 0 aromatic carbocycles. The molecule has 0 bridgehead atoms. The normalized spacial score (nSPS) is 15.8. The first-order valence-electron chi connectivity index (χ1n) is 4.25. The molecule has 0 atom stereocenters. The van der Waals surface area contributed by atoms with Crippen molar-refractivity contribution in [1.82, 2.24) is 9.80 Å². The lowest BCUT2D eigenvalue weighted by atomic mass is 10.6. The van der Waals surface area contributed by atoms with Crippen molar-refractivity contribution in [3.63, 3.8) is 0 Å². The number of hydrogen-bond acceptors (Lipinski definition) is 3. The average molecular weight is 184 g/mol. The second kappa shape index (κ2) is 5.14. The molecule has 0 amide bonds. The van der Waals surface area contributed by atoms with Crippen molar-refractivity contribution in [3.8, 4) is 0 Å². The van der Waals surface area contributed by atoms with E-state index in [1.807, 2.05) is 18.0 Å².